The lowest BCUT2D eigenvalue weighted by molar-refractivity contribution is -0.119. The zero-order valence-corrected chi connectivity index (χ0v) is 8.75. The van der Waals surface area contributed by atoms with Crippen molar-refractivity contribution in [2.24, 2.45) is 0 Å². The van der Waals surface area contributed by atoms with Gasteiger partial charge in [0.25, 0.3) is 5.56 Å². The molecule has 6 heteroatoms. The average Bonchev–Trinajstić information content (AvgIpc) is 2.24. The lowest BCUT2D eigenvalue weighted by Gasteiger charge is -2.27. The number of halogens is 1. The molecule has 2 rings (SSSR count). The summed E-state index contributed by atoms with van der Waals surface area (Å²) in [5.41, 5.74) is 0.207. The van der Waals surface area contributed by atoms with Crippen LogP contribution in [0.2, 0.25) is 5.02 Å². The molecule has 1 saturated heterocycles. The van der Waals surface area contributed by atoms with Gasteiger partial charge in [0.1, 0.15) is 10.8 Å². The first-order valence-electron chi connectivity index (χ1n) is 4.68. The number of carbonyl (C=O) groups excluding carboxylic acids is 1. The molecule has 0 amide bonds. The second-order valence-corrected chi connectivity index (χ2v) is 3.80. The number of anilines is 1. The summed E-state index contributed by atoms with van der Waals surface area (Å²) < 4.78 is 0. The average molecular weight is 228 g/mol. The predicted molar refractivity (Wildman–Crippen MR) is 56.3 cm³/mol. The molecule has 1 N–H and O–H groups in total. The van der Waals surface area contributed by atoms with Crippen molar-refractivity contribution in [3.05, 3.63) is 21.6 Å². The number of carbonyl (C=O) groups is 1. The zero-order chi connectivity index (χ0) is 10.8. The minimum Gasteiger partial charge on any atom is -0.368 e. The van der Waals surface area contributed by atoms with Gasteiger partial charge in [0.15, 0.2) is 0 Å². The van der Waals surface area contributed by atoms with Crippen LogP contribution in [0.25, 0.3) is 0 Å². The van der Waals surface area contributed by atoms with E-state index in [0.717, 1.165) is 0 Å². The number of hydrogen-bond donors (Lipinski definition) is 1. The molecule has 0 spiro atoms. The van der Waals surface area contributed by atoms with Gasteiger partial charge >= 0.3 is 0 Å². The molecule has 0 radical (unpaired) electrons. The maximum Gasteiger partial charge on any atom is 0.285 e. The zero-order valence-electron chi connectivity index (χ0n) is 7.99. The Labute approximate surface area is 91.0 Å². The molecule has 1 aromatic heterocycles. The van der Waals surface area contributed by atoms with Crippen molar-refractivity contribution in [1.82, 2.24) is 10.2 Å². The number of hydrogen-bond acceptors (Lipinski definition) is 4. The molecule has 1 fully saturated rings. The number of nitrogens with zero attached hydrogens (tertiary/aromatic N) is 2. The van der Waals surface area contributed by atoms with Crippen LogP contribution in [-0.4, -0.2) is 29.1 Å². The molecule has 1 aliphatic rings. The summed E-state index contributed by atoms with van der Waals surface area (Å²) in [6.07, 6.45) is 2.52. The van der Waals surface area contributed by atoms with E-state index < -0.39 is 5.56 Å². The molecular weight excluding hydrogens is 218 g/mol. The van der Waals surface area contributed by atoms with Gasteiger partial charge < -0.3 is 4.90 Å². The van der Waals surface area contributed by atoms with Crippen LogP contribution in [0.1, 0.15) is 12.8 Å². The summed E-state index contributed by atoms with van der Waals surface area (Å²) in [4.78, 5) is 24.2. The van der Waals surface area contributed by atoms with Crippen molar-refractivity contribution in [2.75, 3.05) is 18.0 Å². The molecule has 2 heterocycles. The van der Waals surface area contributed by atoms with Crippen LogP contribution < -0.4 is 10.5 Å². The third-order valence-electron chi connectivity index (χ3n) is 2.44. The van der Waals surface area contributed by atoms with E-state index in [4.69, 9.17) is 11.6 Å². The molecule has 1 aliphatic heterocycles. The number of piperidine rings is 1. The number of aromatic nitrogens is 2. The highest BCUT2D eigenvalue weighted by Crippen LogP contribution is 2.22. The van der Waals surface area contributed by atoms with E-state index in [0.29, 0.717) is 31.6 Å². The van der Waals surface area contributed by atoms with Gasteiger partial charge in [-0.05, 0) is 0 Å². The number of Topliss-reactive ketones (excluding diaryl/α,β-unsaturated/α-hetero) is 1. The number of H-pyrrole nitrogens is 1. The summed E-state index contributed by atoms with van der Waals surface area (Å²) in [6.45, 7) is 1.20. The van der Waals surface area contributed by atoms with Crippen LogP contribution in [0.5, 0.6) is 0 Å². The maximum absolute atomic E-state index is 11.2. The second-order valence-electron chi connectivity index (χ2n) is 3.42. The molecule has 15 heavy (non-hydrogen) atoms. The van der Waals surface area contributed by atoms with E-state index in [2.05, 4.69) is 10.2 Å². The van der Waals surface area contributed by atoms with Crippen molar-refractivity contribution in [2.45, 2.75) is 12.8 Å². The summed E-state index contributed by atoms with van der Waals surface area (Å²) in [7, 11) is 0. The quantitative estimate of drug-likeness (QED) is 0.763. The summed E-state index contributed by atoms with van der Waals surface area (Å²) >= 11 is 5.85. The Morgan fingerprint density at radius 1 is 1.33 bits per heavy atom. The Morgan fingerprint density at radius 2 is 2.00 bits per heavy atom. The number of aromatic amines is 1. The van der Waals surface area contributed by atoms with E-state index in [1.165, 1.54) is 6.20 Å². The standard InChI is InChI=1S/C9H10ClN3O2/c10-8-7(5-11-12-9(8)15)13-3-1-6(14)2-4-13/h5H,1-4H2,(H,12,15). The van der Waals surface area contributed by atoms with Gasteiger partial charge in [-0.15, -0.1) is 0 Å². The van der Waals surface area contributed by atoms with Crippen LogP contribution in [0.4, 0.5) is 5.69 Å². The fraction of sp³-hybridized carbons (Fsp3) is 0.444. The number of rotatable bonds is 1. The van der Waals surface area contributed by atoms with Gasteiger partial charge in [-0.1, -0.05) is 11.6 Å². The van der Waals surface area contributed by atoms with Gasteiger partial charge in [-0.25, -0.2) is 5.10 Å². The Hall–Kier alpha value is -1.36. The minimum absolute atomic E-state index is 0.138. The maximum atomic E-state index is 11.2. The number of nitrogens with one attached hydrogen (secondary N) is 1. The van der Waals surface area contributed by atoms with E-state index >= 15 is 0 Å². The van der Waals surface area contributed by atoms with Crippen molar-refractivity contribution in [1.29, 1.82) is 0 Å². The fourth-order valence-electron chi connectivity index (χ4n) is 1.59. The molecule has 0 saturated carbocycles. The van der Waals surface area contributed by atoms with Crippen molar-refractivity contribution in [3.8, 4) is 0 Å². The third kappa shape index (κ3) is 2.02. The summed E-state index contributed by atoms with van der Waals surface area (Å²) in [6, 6.07) is 0. The van der Waals surface area contributed by atoms with Gasteiger partial charge in [0.05, 0.1) is 11.9 Å². The molecule has 0 bridgehead atoms. The van der Waals surface area contributed by atoms with Crippen molar-refractivity contribution < 1.29 is 4.79 Å². The molecule has 5 nitrogen and oxygen atoms in total. The molecule has 0 aromatic carbocycles. The first-order valence-corrected chi connectivity index (χ1v) is 5.06. The van der Waals surface area contributed by atoms with Gasteiger partial charge in [0.2, 0.25) is 0 Å². The SMILES string of the molecule is O=C1CCN(c2cn[nH]c(=O)c2Cl)CC1. The van der Waals surface area contributed by atoms with Crippen LogP contribution >= 0.6 is 11.6 Å². The largest absolute Gasteiger partial charge is 0.368 e. The predicted octanol–water partition coefficient (Wildman–Crippen LogP) is 0.593. The van der Waals surface area contributed by atoms with Crippen LogP contribution in [-0.2, 0) is 4.79 Å². The molecule has 1 aromatic rings. The first kappa shape index (κ1) is 10.2. The first-order chi connectivity index (χ1) is 7.18. The highest BCUT2D eigenvalue weighted by atomic mass is 35.5. The van der Waals surface area contributed by atoms with Crippen LogP contribution in [0.3, 0.4) is 0 Å². The van der Waals surface area contributed by atoms with E-state index in [9.17, 15) is 9.59 Å². The molecule has 80 valence electrons. The van der Waals surface area contributed by atoms with Crippen molar-refractivity contribution >= 4 is 23.1 Å². The highest BCUT2D eigenvalue weighted by Gasteiger charge is 2.19. The van der Waals surface area contributed by atoms with Crippen LogP contribution in [0, 0.1) is 0 Å². The minimum atomic E-state index is -0.397. The van der Waals surface area contributed by atoms with Crippen molar-refractivity contribution in [3.63, 3.8) is 0 Å². The monoisotopic (exact) mass is 227 g/mol. The Bertz CT molecular complexity index is 433. The molecule has 0 atom stereocenters. The molecule has 0 unspecified atom stereocenters. The van der Waals surface area contributed by atoms with E-state index in [1.54, 1.807) is 0 Å². The van der Waals surface area contributed by atoms with E-state index in [1.807, 2.05) is 4.90 Å². The van der Waals surface area contributed by atoms with Crippen LogP contribution in [0.15, 0.2) is 11.0 Å². The second kappa shape index (κ2) is 4.02. The lowest BCUT2D eigenvalue weighted by Crippen LogP contribution is -2.34. The Balaban J connectivity index is 2.26. The highest BCUT2D eigenvalue weighted by molar-refractivity contribution is 6.33. The van der Waals surface area contributed by atoms with E-state index in [-0.39, 0.29) is 10.8 Å². The van der Waals surface area contributed by atoms with Gasteiger partial charge in [-0.3, -0.25) is 9.59 Å². The summed E-state index contributed by atoms with van der Waals surface area (Å²) in [5, 5.41) is 6.09. The topological polar surface area (TPSA) is 66.1 Å². The summed E-state index contributed by atoms with van der Waals surface area (Å²) in [5.74, 6) is 0.250. The fourth-order valence-corrected chi connectivity index (χ4v) is 1.80. The Morgan fingerprint density at radius 3 is 2.67 bits per heavy atom. The normalized spacial score (nSPS) is 16.9. The van der Waals surface area contributed by atoms with Gasteiger partial charge in [0, 0.05) is 25.9 Å². The Kier molecular flexibility index (Phi) is 2.73. The third-order valence-corrected chi connectivity index (χ3v) is 2.80. The molecule has 0 aliphatic carbocycles. The molecular formula is C9H10ClN3O2. The smallest absolute Gasteiger partial charge is 0.285 e. The lowest BCUT2D eigenvalue weighted by atomic mass is 10.1. The number of ketones is 1. The van der Waals surface area contributed by atoms with Gasteiger partial charge in [-0.2, -0.15) is 5.10 Å².